The standard InChI is InChI=1S/C17H20N4O2/c1-18-17(23)14-9-20-16(10-19-14)21-7-6-12(11-21)8-13-4-2-3-5-15(13)22/h2-5,9-10,12,22H,6-8,11H2,1H3,(H,18,23). The Kier molecular flexibility index (Phi) is 4.41. The van der Waals surface area contributed by atoms with Gasteiger partial charge in [-0.1, -0.05) is 18.2 Å². The second-order valence-corrected chi connectivity index (χ2v) is 5.77. The number of nitrogens with zero attached hydrogens (tertiary/aromatic N) is 3. The summed E-state index contributed by atoms with van der Waals surface area (Å²) in [6.45, 7) is 1.79. The molecule has 2 N–H and O–H groups in total. The topological polar surface area (TPSA) is 78.4 Å². The van der Waals surface area contributed by atoms with E-state index in [-0.39, 0.29) is 5.91 Å². The normalized spacial score (nSPS) is 17.3. The average Bonchev–Trinajstić information content (AvgIpc) is 3.05. The zero-order valence-corrected chi connectivity index (χ0v) is 13.1. The molecule has 0 spiro atoms. The van der Waals surface area contributed by atoms with Crippen LogP contribution in [0.15, 0.2) is 36.7 Å². The fourth-order valence-corrected chi connectivity index (χ4v) is 2.93. The number of para-hydroxylation sites is 1. The molecule has 23 heavy (non-hydrogen) atoms. The Morgan fingerprint density at radius 3 is 2.87 bits per heavy atom. The Morgan fingerprint density at radius 1 is 1.35 bits per heavy atom. The van der Waals surface area contributed by atoms with Crippen LogP contribution in [0, 0.1) is 5.92 Å². The smallest absolute Gasteiger partial charge is 0.271 e. The number of hydrogen-bond acceptors (Lipinski definition) is 5. The molecule has 1 amide bonds. The van der Waals surface area contributed by atoms with Crippen molar-refractivity contribution >= 4 is 11.7 Å². The minimum atomic E-state index is -0.233. The van der Waals surface area contributed by atoms with E-state index in [1.807, 2.05) is 18.2 Å². The zero-order chi connectivity index (χ0) is 16.2. The molecule has 0 saturated carbocycles. The summed E-state index contributed by atoms with van der Waals surface area (Å²) in [5, 5.41) is 12.4. The van der Waals surface area contributed by atoms with Crippen LogP contribution in [0.4, 0.5) is 5.82 Å². The van der Waals surface area contributed by atoms with Crippen molar-refractivity contribution in [3.8, 4) is 5.75 Å². The molecular formula is C17H20N4O2. The van der Waals surface area contributed by atoms with Crippen LogP contribution in [0.1, 0.15) is 22.5 Å². The number of anilines is 1. The van der Waals surface area contributed by atoms with Crippen molar-refractivity contribution in [2.45, 2.75) is 12.8 Å². The Balaban J connectivity index is 1.63. The molecule has 2 heterocycles. The van der Waals surface area contributed by atoms with E-state index in [0.717, 1.165) is 37.3 Å². The maximum Gasteiger partial charge on any atom is 0.271 e. The molecule has 6 nitrogen and oxygen atoms in total. The van der Waals surface area contributed by atoms with Gasteiger partial charge in [-0.25, -0.2) is 9.97 Å². The van der Waals surface area contributed by atoms with Crippen molar-refractivity contribution in [1.82, 2.24) is 15.3 Å². The van der Waals surface area contributed by atoms with E-state index < -0.39 is 0 Å². The van der Waals surface area contributed by atoms with Crippen LogP contribution in [0.3, 0.4) is 0 Å². The predicted octanol–water partition coefficient (Wildman–Crippen LogP) is 1.61. The highest BCUT2D eigenvalue weighted by atomic mass is 16.3. The number of amides is 1. The summed E-state index contributed by atoms with van der Waals surface area (Å²) in [5.74, 6) is 1.39. The second-order valence-electron chi connectivity index (χ2n) is 5.77. The van der Waals surface area contributed by atoms with Crippen molar-refractivity contribution in [3.63, 3.8) is 0 Å². The molecule has 0 bridgehead atoms. The van der Waals surface area contributed by atoms with Crippen LogP contribution in [0.25, 0.3) is 0 Å². The molecule has 6 heteroatoms. The molecule has 3 rings (SSSR count). The van der Waals surface area contributed by atoms with Crippen molar-refractivity contribution in [2.75, 3.05) is 25.0 Å². The number of aromatic nitrogens is 2. The summed E-state index contributed by atoms with van der Waals surface area (Å²) < 4.78 is 0. The third-order valence-corrected chi connectivity index (χ3v) is 4.21. The number of benzene rings is 1. The van der Waals surface area contributed by atoms with Gasteiger partial charge in [-0.2, -0.15) is 0 Å². The number of rotatable bonds is 4. The number of phenolic OH excluding ortho intramolecular Hbond substituents is 1. The molecule has 1 fully saturated rings. The summed E-state index contributed by atoms with van der Waals surface area (Å²) in [6, 6.07) is 7.48. The Morgan fingerprint density at radius 2 is 2.17 bits per heavy atom. The fourth-order valence-electron chi connectivity index (χ4n) is 2.93. The molecule has 1 saturated heterocycles. The number of phenols is 1. The minimum Gasteiger partial charge on any atom is -0.508 e. The third-order valence-electron chi connectivity index (χ3n) is 4.21. The van der Waals surface area contributed by atoms with E-state index >= 15 is 0 Å². The molecule has 1 aliphatic heterocycles. The maximum absolute atomic E-state index is 11.5. The molecule has 120 valence electrons. The van der Waals surface area contributed by atoms with Gasteiger partial charge in [0.1, 0.15) is 17.3 Å². The van der Waals surface area contributed by atoms with Crippen LogP contribution in [-0.4, -0.2) is 41.1 Å². The zero-order valence-electron chi connectivity index (χ0n) is 13.1. The predicted molar refractivity (Wildman–Crippen MR) is 87.6 cm³/mol. The SMILES string of the molecule is CNC(=O)c1cnc(N2CCC(Cc3ccccc3O)C2)cn1. The van der Waals surface area contributed by atoms with Crippen molar-refractivity contribution in [2.24, 2.45) is 5.92 Å². The van der Waals surface area contributed by atoms with Gasteiger partial charge in [0.2, 0.25) is 0 Å². The maximum atomic E-state index is 11.5. The van der Waals surface area contributed by atoms with Crippen molar-refractivity contribution in [1.29, 1.82) is 0 Å². The number of carbonyl (C=O) groups is 1. The molecule has 0 radical (unpaired) electrons. The van der Waals surface area contributed by atoms with Gasteiger partial charge in [-0.05, 0) is 30.4 Å². The largest absolute Gasteiger partial charge is 0.508 e. The van der Waals surface area contributed by atoms with Crippen LogP contribution in [-0.2, 0) is 6.42 Å². The Bertz CT molecular complexity index is 687. The van der Waals surface area contributed by atoms with Crippen LogP contribution >= 0.6 is 0 Å². The monoisotopic (exact) mass is 312 g/mol. The molecule has 1 aromatic heterocycles. The van der Waals surface area contributed by atoms with E-state index in [2.05, 4.69) is 20.2 Å². The number of hydrogen-bond donors (Lipinski definition) is 2. The molecule has 1 unspecified atom stereocenters. The van der Waals surface area contributed by atoms with Gasteiger partial charge >= 0.3 is 0 Å². The van der Waals surface area contributed by atoms with Crippen LogP contribution < -0.4 is 10.2 Å². The quantitative estimate of drug-likeness (QED) is 0.897. The average molecular weight is 312 g/mol. The lowest BCUT2D eigenvalue weighted by atomic mass is 9.98. The first kappa shape index (κ1) is 15.3. The van der Waals surface area contributed by atoms with Gasteiger partial charge in [0.15, 0.2) is 0 Å². The van der Waals surface area contributed by atoms with Crippen LogP contribution in [0.2, 0.25) is 0 Å². The van der Waals surface area contributed by atoms with E-state index in [0.29, 0.717) is 17.4 Å². The highest BCUT2D eigenvalue weighted by molar-refractivity contribution is 5.91. The highest BCUT2D eigenvalue weighted by Crippen LogP contribution is 2.27. The first-order valence-corrected chi connectivity index (χ1v) is 7.73. The van der Waals surface area contributed by atoms with Crippen molar-refractivity contribution in [3.05, 3.63) is 47.9 Å². The third kappa shape index (κ3) is 3.41. The molecule has 1 atom stereocenters. The summed E-state index contributed by atoms with van der Waals surface area (Å²) >= 11 is 0. The first-order valence-electron chi connectivity index (χ1n) is 7.73. The second kappa shape index (κ2) is 6.64. The van der Waals surface area contributed by atoms with Gasteiger partial charge in [0, 0.05) is 20.1 Å². The Labute approximate surface area is 135 Å². The van der Waals surface area contributed by atoms with E-state index in [1.165, 1.54) is 6.20 Å². The Hall–Kier alpha value is -2.63. The number of carbonyl (C=O) groups excluding carboxylic acids is 1. The number of aromatic hydroxyl groups is 1. The fraction of sp³-hybridized carbons (Fsp3) is 0.353. The number of nitrogens with one attached hydrogen (secondary N) is 1. The minimum absolute atomic E-state index is 0.233. The lowest BCUT2D eigenvalue weighted by Gasteiger charge is -2.17. The van der Waals surface area contributed by atoms with Gasteiger partial charge in [0.25, 0.3) is 5.91 Å². The summed E-state index contributed by atoms with van der Waals surface area (Å²) in [4.78, 5) is 22.2. The molecule has 1 aromatic carbocycles. The molecule has 1 aliphatic rings. The van der Waals surface area contributed by atoms with Crippen molar-refractivity contribution < 1.29 is 9.90 Å². The lowest BCUT2D eigenvalue weighted by Crippen LogP contribution is -2.23. The lowest BCUT2D eigenvalue weighted by molar-refractivity contribution is 0.0958. The summed E-state index contributed by atoms with van der Waals surface area (Å²) in [6.07, 6.45) is 5.05. The van der Waals surface area contributed by atoms with Gasteiger partial charge in [-0.3, -0.25) is 4.79 Å². The van der Waals surface area contributed by atoms with Gasteiger partial charge in [-0.15, -0.1) is 0 Å². The molecular weight excluding hydrogens is 292 g/mol. The van der Waals surface area contributed by atoms with Crippen LogP contribution in [0.5, 0.6) is 5.75 Å². The summed E-state index contributed by atoms with van der Waals surface area (Å²) in [5.41, 5.74) is 1.31. The van der Waals surface area contributed by atoms with E-state index in [9.17, 15) is 9.90 Å². The molecule has 0 aliphatic carbocycles. The van der Waals surface area contributed by atoms with Gasteiger partial charge in [0.05, 0.1) is 12.4 Å². The van der Waals surface area contributed by atoms with Gasteiger partial charge < -0.3 is 15.3 Å². The molecule has 2 aromatic rings. The van der Waals surface area contributed by atoms with E-state index in [1.54, 1.807) is 19.3 Å². The summed E-state index contributed by atoms with van der Waals surface area (Å²) in [7, 11) is 1.57. The highest BCUT2D eigenvalue weighted by Gasteiger charge is 2.24. The first-order chi connectivity index (χ1) is 11.2. The van der Waals surface area contributed by atoms with E-state index in [4.69, 9.17) is 0 Å².